The lowest BCUT2D eigenvalue weighted by Gasteiger charge is -2.38. The van der Waals surface area contributed by atoms with Gasteiger partial charge in [-0.3, -0.25) is 4.79 Å². The number of carboxylic acid groups (broad SMARTS) is 1. The number of aliphatic hydroxyl groups excluding tert-OH is 1. The third-order valence-electron chi connectivity index (χ3n) is 2.51. The fourth-order valence-corrected chi connectivity index (χ4v) is 1.69. The number of aliphatic carboxylic acids is 1. The van der Waals surface area contributed by atoms with Crippen molar-refractivity contribution >= 4 is 5.97 Å². The first kappa shape index (κ1) is 9.48. The molecular formula is C8H16NO3+. The van der Waals surface area contributed by atoms with E-state index < -0.39 is 18.0 Å². The standard InChI is InChI=1S/C8H15NO3/c1-9(2)4-3-6(8(11)12)7(10)5-9/h6-7,10H,3-5H2,1-2H3/p+1/t6-,7-/m0/s1. The molecule has 4 nitrogen and oxygen atoms in total. The summed E-state index contributed by atoms with van der Waals surface area (Å²) in [4.78, 5) is 10.6. The number of aliphatic hydroxyl groups is 1. The molecule has 1 fully saturated rings. The van der Waals surface area contributed by atoms with Crippen molar-refractivity contribution < 1.29 is 19.5 Å². The highest BCUT2D eigenvalue weighted by atomic mass is 16.4. The van der Waals surface area contributed by atoms with Crippen molar-refractivity contribution in [3.8, 4) is 0 Å². The molecule has 1 aliphatic heterocycles. The van der Waals surface area contributed by atoms with Gasteiger partial charge in [-0.1, -0.05) is 0 Å². The number of carboxylic acids is 1. The minimum absolute atomic E-state index is 0.539. The van der Waals surface area contributed by atoms with Gasteiger partial charge in [-0.2, -0.15) is 0 Å². The summed E-state index contributed by atoms with van der Waals surface area (Å²) in [5, 5.41) is 18.2. The number of hydrogen-bond donors (Lipinski definition) is 2. The molecule has 4 heteroatoms. The van der Waals surface area contributed by atoms with Crippen LogP contribution >= 0.6 is 0 Å². The van der Waals surface area contributed by atoms with Gasteiger partial charge in [0.05, 0.1) is 26.6 Å². The fourth-order valence-electron chi connectivity index (χ4n) is 1.69. The van der Waals surface area contributed by atoms with E-state index in [9.17, 15) is 9.90 Å². The summed E-state index contributed by atoms with van der Waals surface area (Å²) < 4.78 is 0.713. The highest BCUT2D eigenvalue weighted by molar-refractivity contribution is 5.70. The third kappa shape index (κ3) is 1.95. The molecule has 0 aromatic heterocycles. The number of piperidine rings is 1. The van der Waals surface area contributed by atoms with Gasteiger partial charge in [0.25, 0.3) is 0 Å². The van der Waals surface area contributed by atoms with Crippen LogP contribution in [0, 0.1) is 5.92 Å². The lowest BCUT2D eigenvalue weighted by Crippen LogP contribution is -2.54. The van der Waals surface area contributed by atoms with Gasteiger partial charge in [0.1, 0.15) is 12.6 Å². The van der Waals surface area contributed by atoms with E-state index in [1.807, 2.05) is 14.1 Å². The average molecular weight is 174 g/mol. The quantitative estimate of drug-likeness (QED) is 0.528. The molecule has 0 aromatic carbocycles. The van der Waals surface area contributed by atoms with Gasteiger partial charge < -0.3 is 14.7 Å². The van der Waals surface area contributed by atoms with Gasteiger partial charge in [0, 0.05) is 6.42 Å². The third-order valence-corrected chi connectivity index (χ3v) is 2.51. The van der Waals surface area contributed by atoms with Gasteiger partial charge in [-0.15, -0.1) is 0 Å². The van der Waals surface area contributed by atoms with Crippen molar-refractivity contribution in [1.29, 1.82) is 0 Å². The van der Waals surface area contributed by atoms with Gasteiger partial charge >= 0.3 is 5.97 Å². The lowest BCUT2D eigenvalue weighted by atomic mass is 9.93. The predicted octanol–water partition coefficient (Wildman–Crippen LogP) is -0.472. The highest BCUT2D eigenvalue weighted by Gasteiger charge is 2.37. The minimum atomic E-state index is -0.873. The van der Waals surface area contributed by atoms with E-state index in [2.05, 4.69) is 0 Å². The van der Waals surface area contributed by atoms with Crippen molar-refractivity contribution in [1.82, 2.24) is 0 Å². The van der Waals surface area contributed by atoms with Crippen LogP contribution in [0.1, 0.15) is 6.42 Å². The van der Waals surface area contributed by atoms with Crippen molar-refractivity contribution in [2.75, 3.05) is 27.2 Å². The molecule has 1 rings (SSSR count). The van der Waals surface area contributed by atoms with Crippen LogP contribution in [0.25, 0.3) is 0 Å². The zero-order valence-corrected chi connectivity index (χ0v) is 7.53. The summed E-state index contributed by atoms with van der Waals surface area (Å²) >= 11 is 0. The van der Waals surface area contributed by atoms with Gasteiger partial charge in [0.2, 0.25) is 0 Å². The topological polar surface area (TPSA) is 57.5 Å². The Morgan fingerprint density at radius 2 is 2.08 bits per heavy atom. The fraction of sp³-hybridized carbons (Fsp3) is 0.875. The van der Waals surface area contributed by atoms with Crippen LogP contribution in [0.5, 0.6) is 0 Å². The molecule has 1 heterocycles. The first-order valence-corrected chi connectivity index (χ1v) is 4.15. The molecule has 0 bridgehead atoms. The van der Waals surface area contributed by atoms with E-state index in [0.717, 1.165) is 6.54 Å². The Morgan fingerprint density at radius 1 is 1.50 bits per heavy atom. The lowest BCUT2D eigenvalue weighted by molar-refractivity contribution is -0.899. The van der Waals surface area contributed by atoms with Crippen molar-refractivity contribution in [3.05, 3.63) is 0 Å². The molecule has 1 saturated heterocycles. The second-order valence-electron chi connectivity index (χ2n) is 4.14. The van der Waals surface area contributed by atoms with Crippen LogP contribution in [0.4, 0.5) is 0 Å². The second-order valence-corrected chi connectivity index (χ2v) is 4.14. The maximum atomic E-state index is 10.6. The molecule has 0 amide bonds. The first-order chi connectivity index (χ1) is 5.42. The molecule has 2 atom stereocenters. The maximum Gasteiger partial charge on any atom is 0.309 e. The Hall–Kier alpha value is -0.610. The summed E-state index contributed by atoms with van der Waals surface area (Å²) in [5.74, 6) is -1.43. The SMILES string of the molecule is C[N+]1(C)CC[C@H](C(=O)O)[C@@H](O)C1. The smallest absolute Gasteiger partial charge is 0.309 e. The van der Waals surface area contributed by atoms with Gasteiger partial charge in [-0.05, 0) is 0 Å². The molecule has 2 N–H and O–H groups in total. The highest BCUT2D eigenvalue weighted by Crippen LogP contribution is 2.20. The van der Waals surface area contributed by atoms with E-state index >= 15 is 0 Å². The summed E-state index contributed by atoms with van der Waals surface area (Å²) in [5.41, 5.74) is 0. The molecule has 0 unspecified atom stereocenters. The first-order valence-electron chi connectivity index (χ1n) is 4.15. The van der Waals surface area contributed by atoms with E-state index in [0.29, 0.717) is 17.4 Å². The van der Waals surface area contributed by atoms with Gasteiger partial charge in [-0.25, -0.2) is 0 Å². The Morgan fingerprint density at radius 3 is 2.50 bits per heavy atom. The van der Waals surface area contributed by atoms with Crippen molar-refractivity contribution in [3.63, 3.8) is 0 Å². The molecule has 12 heavy (non-hydrogen) atoms. The van der Waals surface area contributed by atoms with Crippen LogP contribution in [-0.2, 0) is 4.79 Å². The molecule has 1 aliphatic rings. The number of likely N-dealkylation sites (N-methyl/N-ethyl adjacent to an activating group) is 1. The molecular weight excluding hydrogens is 158 g/mol. The van der Waals surface area contributed by atoms with E-state index in [1.165, 1.54) is 0 Å². The summed E-state index contributed by atoms with van der Waals surface area (Å²) in [6.07, 6.45) is -0.116. The normalized spacial score (nSPS) is 34.6. The molecule has 70 valence electrons. The number of rotatable bonds is 1. The second kappa shape index (κ2) is 3.03. The Bertz CT molecular complexity index is 191. The zero-order valence-electron chi connectivity index (χ0n) is 7.53. The summed E-state index contributed by atoms with van der Waals surface area (Å²) in [6.45, 7) is 1.37. The Labute approximate surface area is 72.0 Å². The van der Waals surface area contributed by atoms with Crippen LogP contribution in [0.3, 0.4) is 0 Å². The van der Waals surface area contributed by atoms with Crippen LogP contribution in [0.15, 0.2) is 0 Å². The monoisotopic (exact) mass is 174 g/mol. The van der Waals surface area contributed by atoms with Crippen molar-refractivity contribution in [2.24, 2.45) is 5.92 Å². The number of nitrogens with zero attached hydrogens (tertiary/aromatic N) is 1. The zero-order chi connectivity index (χ0) is 9.35. The average Bonchev–Trinajstić information content (AvgIpc) is 1.83. The summed E-state index contributed by atoms with van der Waals surface area (Å²) in [6, 6.07) is 0. The van der Waals surface area contributed by atoms with Crippen LogP contribution < -0.4 is 0 Å². The van der Waals surface area contributed by atoms with Crippen LogP contribution in [0.2, 0.25) is 0 Å². The number of carbonyl (C=O) groups is 1. The Balaban J connectivity index is 2.60. The summed E-state index contributed by atoms with van der Waals surface area (Å²) in [7, 11) is 4.00. The van der Waals surface area contributed by atoms with Gasteiger partial charge in [0.15, 0.2) is 0 Å². The molecule has 0 radical (unpaired) electrons. The van der Waals surface area contributed by atoms with E-state index in [-0.39, 0.29) is 0 Å². The van der Waals surface area contributed by atoms with Crippen molar-refractivity contribution in [2.45, 2.75) is 12.5 Å². The molecule has 0 saturated carbocycles. The van der Waals surface area contributed by atoms with Crippen LogP contribution in [-0.4, -0.2) is 54.0 Å². The number of hydrogen-bond acceptors (Lipinski definition) is 2. The molecule has 0 spiro atoms. The minimum Gasteiger partial charge on any atom is -0.481 e. The number of quaternary nitrogens is 1. The Kier molecular flexibility index (Phi) is 2.39. The van der Waals surface area contributed by atoms with E-state index in [1.54, 1.807) is 0 Å². The number of likely N-dealkylation sites (tertiary alicyclic amines) is 1. The molecule has 0 aromatic rings. The predicted molar refractivity (Wildman–Crippen MR) is 43.6 cm³/mol. The van der Waals surface area contributed by atoms with E-state index in [4.69, 9.17) is 5.11 Å². The maximum absolute atomic E-state index is 10.6. The largest absolute Gasteiger partial charge is 0.481 e. The molecule has 0 aliphatic carbocycles.